The molecule has 0 spiro atoms. The molecule has 0 aromatic heterocycles. The Labute approximate surface area is 143 Å². The van der Waals surface area contributed by atoms with Crippen LogP contribution in [0.5, 0.6) is 0 Å². The number of benzene rings is 1. The number of hydrogen-bond acceptors (Lipinski definition) is 4. The smallest absolute Gasteiger partial charge is 0.253 e. The van der Waals surface area contributed by atoms with Gasteiger partial charge in [0, 0.05) is 63.5 Å². The van der Waals surface area contributed by atoms with E-state index in [0.29, 0.717) is 11.1 Å². The molecule has 1 aromatic rings. The Hall–Kier alpha value is -1.92. The van der Waals surface area contributed by atoms with Crippen LogP contribution in [0.3, 0.4) is 0 Å². The van der Waals surface area contributed by atoms with Crippen LogP contribution in [0, 0.1) is 0 Å². The van der Waals surface area contributed by atoms with Gasteiger partial charge in [0.05, 0.1) is 0 Å². The highest BCUT2D eigenvalue weighted by atomic mass is 16.2. The predicted molar refractivity (Wildman–Crippen MR) is 93.2 cm³/mol. The van der Waals surface area contributed by atoms with Crippen LogP contribution in [0.25, 0.3) is 0 Å². The van der Waals surface area contributed by atoms with Gasteiger partial charge >= 0.3 is 0 Å². The molecule has 2 saturated heterocycles. The summed E-state index contributed by atoms with van der Waals surface area (Å²) in [5.74, 6) is 0.114. The van der Waals surface area contributed by atoms with Gasteiger partial charge < -0.3 is 19.6 Å². The molecule has 0 radical (unpaired) electrons. The molecule has 2 fully saturated rings. The summed E-state index contributed by atoms with van der Waals surface area (Å²) in [6.07, 6.45) is 0. The molecule has 0 unspecified atom stereocenters. The second-order valence-electron chi connectivity index (χ2n) is 6.77. The van der Waals surface area contributed by atoms with Crippen LogP contribution in [-0.2, 0) is 0 Å². The molecule has 2 aliphatic heterocycles. The highest BCUT2D eigenvalue weighted by Crippen LogP contribution is 2.13. The fourth-order valence-corrected chi connectivity index (χ4v) is 3.14. The van der Waals surface area contributed by atoms with Crippen molar-refractivity contribution in [2.75, 3.05) is 66.5 Å². The molecule has 130 valence electrons. The zero-order valence-electron chi connectivity index (χ0n) is 14.6. The Morgan fingerprint density at radius 1 is 0.625 bits per heavy atom. The lowest BCUT2D eigenvalue weighted by atomic mass is 10.1. The Balaban J connectivity index is 1.62. The number of carbonyl (C=O) groups is 2. The topological polar surface area (TPSA) is 47.1 Å². The van der Waals surface area contributed by atoms with Gasteiger partial charge in [-0.2, -0.15) is 0 Å². The summed E-state index contributed by atoms with van der Waals surface area (Å²) in [7, 11) is 4.14. The zero-order valence-corrected chi connectivity index (χ0v) is 14.6. The molecule has 2 amide bonds. The molecule has 1 aromatic carbocycles. The summed E-state index contributed by atoms with van der Waals surface area (Å²) in [4.78, 5) is 33.3. The van der Waals surface area contributed by atoms with Crippen LogP contribution < -0.4 is 0 Å². The van der Waals surface area contributed by atoms with Crippen molar-refractivity contribution in [2.45, 2.75) is 0 Å². The van der Waals surface area contributed by atoms with Crippen molar-refractivity contribution in [1.82, 2.24) is 19.6 Å². The SMILES string of the molecule is CN1CCN(C(=O)c2ccc(C(=O)N3CCN(C)CC3)cc2)CC1. The van der Waals surface area contributed by atoms with E-state index in [2.05, 4.69) is 23.9 Å². The van der Waals surface area contributed by atoms with Gasteiger partial charge in [0.2, 0.25) is 0 Å². The lowest BCUT2D eigenvalue weighted by molar-refractivity contribution is 0.0652. The third-order valence-electron chi connectivity index (χ3n) is 4.96. The van der Waals surface area contributed by atoms with Gasteiger partial charge in [0.25, 0.3) is 11.8 Å². The summed E-state index contributed by atoms with van der Waals surface area (Å²) < 4.78 is 0. The zero-order chi connectivity index (χ0) is 17.1. The number of hydrogen-bond donors (Lipinski definition) is 0. The molecule has 3 rings (SSSR count). The molecule has 6 heteroatoms. The van der Waals surface area contributed by atoms with Gasteiger partial charge in [-0.05, 0) is 38.4 Å². The number of piperazine rings is 2. The summed E-state index contributed by atoms with van der Waals surface area (Å²) in [5, 5.41) is 0. The van der Waals surface area contributed by atoms with E-state index in [4.69, 9.17) is 0 Å². The van der Waals surface area contributed by atoms with Crippen molar-refractivity contribution < 1.29 is 9.59 Å². The van der Waals surface area contributed by atoms with Crippen molar-refractivity contribution in [3.05, 3.63) is 35.4 Å². The first-order valence-electron chi connectivity index (χ1n) is 8.60. The Bertz CT molecular complexity index is 533. The minimum atomic E-state index is 0.0571. The van der Waals surface area contributed by atoms with Gasteiger partial charge in [0.1, 0.15) is 0 Å². The Kier molecular flexibility index (Phi) is 5.16. The molecule has 0 aliphatic carbocycles. The molecular weight excluding hydrogens is 304 g/mol. The van der Waals surface area contributed by atoms with E-state index in [9.17, 15) is 9.59 Å². The minimum absolute atomic E-state index is 0.0571. The average Bonchev–Trinajstić information content (AvgIpc) is 2.62. The number of nitrogens with zero attached hydrogens (tertiary/aromatic N) is 4. The highest BCUT2D eigenvalue weighted by molar-refractivity contribution is 5.98. The van der Waals surface area contributed by atoms with Crippen molar-refractivity contribution >= 4 is 11.8 Å². The van der Waals surface area contributed by atoms with Gasteiger partial charge in [-0.1, -0.05) is 0 Å². The largest absolute Gasteiger partial charge is 0.336 e. The van der Waals surface area contributed by atoms with E-state index in [-0.39, 0.29) is 11.8 Å². The van der Waals surface area contributed by atoms with Gasteiger partial charge in [0.15, 0.2) is 0 Å². The summed E-state index contributed by atoms with van der Waals surface area (Å²) >= 11 is 0. The molecule has 0 N–H and O–H groups in total. The van der Waals surface area contributed by atoms with E-state index in [1.807, 2.05) is 9.80 Å². The first kappa shape index (κ1) is 16.9. The van der Waals surface area contributed by atoms with Crippen molar-refractivity contribution in [3.8, 4) is 0 Å². The first-order chi connectivity index (χ1) is 11.5. The standard InChI is InChI=1S/C18H26N4O2/c1-19-7-11-21(12-8-19)17(23)15-3-5-16(6-4-15)18(24)22-13-9-20(2)10-14-22/h3-6H,7-14H2,1-2H3. The summed E-state index contributed by atoms with van der Waals surface area (Å²) in [5.41, 5.74) is 1.32. The maximum Gasteiger partial charge on any atom is 0.253 e. The maximum absolute atomic E-state index is 12.5. The van der Waals surface area contributed by atoms with Crippen LogP contribution in [0.2, 0.25) is 0 Å². The van der Waals surface area contributed by atoms with Gasteiger partial charge in [-0.15, -0.1) is 0 Å². The molecule has 0 bridgehead atoms. The van der Waals surface area contributed by atoms with E-state index in [0.717, 1.165) is 52.4 Å². The Morgan fingerprint density at radius 2 is 0.917 bits per heavy atom. The molecule has 6 nitrogen and oxygen atoms in total. The monoisotopic (exact) mass is 330 g/mol. The maximum atomic E-state index is 12.5. The van der Waals surface area contributed by atoms with E-state index in [1.54, 1.807) is 24.3 Å². The van der Waals surface area contributed by atoms with Crippen LogP contribution >= 0.6 is 0 Å². The fourth-order valence-electron chi connectivity index (χ4n) is 3.14. The summed E-state index contributed by atoms with van der Waals surface area (Å²) in [6, 6.07) is 7.13. The molecule has 24 heavy (non-hydrogen) atoms. The van der Waals surface area contributed by atoms with E-state index in [1.165, 1.54) is 0 Å². The molecule has 2 heterocycles. The minimum Gasteiger partial charge on any atom is -0.336 e. The van der Waals surface area contributed by atoms with Crippen LogP contribution in [-0.4, -0.2) is 97.9 Å². The lowest BCUT2D eigenvalue weighted by Gasteiger charge is -2.33. The number of carbonyl (C=O) groups excluding carboxylic acids is 2. The van der Waals surface area contributed by atoms with E-state index >= 15 is 0 Å². The van der Waals surface area contributed by atoms with Crippen LogP contribution in [0.1, 0.15) is 20.7 Å². The van der Waals surface area contributed by atoms with Crippen molar-refractivity contribution in [3.63, 3.8) is 0 Å². The Morgan fingerprint density at radius 3 is 1.21 bits per heavy atom. The lowest BCUT2D eigenvalue weighted by Crippen LogP contribution is -2.47. The summed E-state index contributed by atoms with van der Waals surface area (Å²) in [6.45, 7) is 6.68. The van der Waals surface area contributed by atoms with Gasteiger partial charge in [-0.3, -0.25) is 9.59 Å². The van der Waals surface area contributed by atoms with Crippen LogP contribution in [0.15, 0.2) is 24.3 Å². The third kappa shape index (κ3) is 3.76. The van der Waals surface area contributed by atoms with E-state index < -0.39 is 0 Å². The van der Waals surface area contributed by atoms with Crippen LogP contribution in [0.4, 0.5) is 0 Å². The number of amides is 2. The first-order valence-corrected chi connectivity index (χ1v) is 8.60. The fraction of sp³-hybridized carbons (Fsp3) is 0.556. The molecule has 0 atom stereocenters. The van der Waals surface area contributed by atoms with Crippen molar-refractivity contribution in [1.29, 1.82) is 0 Å². The predicted octanol–water partition coefficient (Wildman–Crippen LogP) is 0.462. The van der Waals surface area contributed by atoms with Gasteiger partial charge in [-0.25, -0.2) is 0 Å². The second-order valence-corrected chi connectivity index (χ2v) is 6.77. The highest BCUT2D eigenvalue weighted by Gasteiger charge is 2.22. The quantitative estimate of drug-likeness (QED) is 0.791. The molecule has 2 aliphatic rings. The molecular formula is C18H26N4O2. The second kappa shape index (κ2) is 7.32. The normalized spacial score (nSPS) is 20.2. The third-order valence-corrected chi connectivity index (χ3v) is 4.96. The number of rotatable bonds is 2. The van der Waals surface area contributed by atoms with Crippen molar-refractivity contribution in [2.24, 2.45) is 0 Å². The molecule has 0 saturated carbocycles. The average molecular weight is 330 g/mol. The number of likely N-dealkylation sites (N-methyl/N-ethyl adjacent to an activating group) is 2.